The Morgan fingerprint density at radius 1 is 1.45 bits per heavy atom. The molecule has 0 aliphatic heterocycles. The van der Waals surface area contributed by atoms with Gasteiger partial charge in [-0.3, -0.25) is 0 Å². The van der Waals surface area contributed by atoms with Gasteiger partial charge in [-0.1, -0.05) is 29.4 Å². The molecule has 0 fully saturated rings. The van der Waals surface area contributed by atoms with Gasteiger partial charge in [0, 0.05) is 23.7 Å². The van der Waals surface area contributed by atoms with Crippen LogP contribution in [-0.4, -0.2) is 15.7 Å². The number of nitrogens with zero attached hydrogens (tertiary/aromatic N) is 2. The van der Waals surface area contributed by atoms with Crippen molar-refractivity contribution >= 4 is 23.4 Å². The molecule has 11 heavy (non-hydrogen) atoms. The van der Waals surface area contributed by atoms with Gasteiger partial charge >= 0.3 is 0 Å². The summed E-state index contributed by atoms with van der Waals surface area (Å²) in [5.41, 5.74) is 1.50. The van der Waals surface area contributed by atoms with Crippen molar-refractivity contribution in [1.82, 2.24) is 9.97 Å². The van der Waals surface area contributed by atoms with E-state index in [2.05, 4.69) is 9.97 Å². The Morgan fingerprint density at radius 3 is 2.82 bits per heavy atom. The number of hydrogen-bond donors (Lipinski definition) is 0. The van der Waals surface area contributed by atoms with Gasteiger partial charge in [-0.25, -0.2) is 9.97 Å². The van der Waals surface area contributed by atoms with E-state index in [9.17, 15) is 0 Å². The fraction of sp³-hybridized carbons (Fsp3) is 0.143. The molecule has 4 heteroatoms. The fourth-order valence-corrected chi connectivity index (χ4v) is 1.33. The van der Waals surface area contributed by atoms with Gasteiger partial charge in [0.05, 0.1) is 0 Å². The molecule has 1 aromatic rings. The van der Waals surface area contributed by atoms with E-state index in [-0.39, 0.29) is 0 Å². The summed E-state index contributed by atoms with van der Waals surface area (Å²) in [6.07, 6.45) is 5.29. The lowest BCUT2D eigenvalue weighted by Gasteiger charge is -1.92. The highest BCUT2D eigenvalue weighted by Gasteiger charge is 1.90. The molecule has 0 N–H and O–H groups in total. The topological polar surface area (TPSA) is 25.8 Å². The Kier molecular flexibility index (Phi) is 4.01. The number of halogens is 1. The van der Waals surface area contributed by atoms with Crippen LogP contribution in [0.3, 0.4) is 0 Å². The van der Waals surface area contributed by atoms with E-state index >= 15 is 0 Å². The van der Waals surface area contributed by atoms with E-state index in [1.807, 2.05) is 6.08 Å². The summed E-state index contributed by atoms with van der Waals surface area (Å²) in [4.78, 5) is 8.05. The third kappa shape index (κ3) is 3.39. The fourth-order valence-electron chi connectivity index (χ4n) is 0.519. The third-order valence-electron chi connectivity index (χ3n) is 0.940. The first-order valence-corrected chi connectivity index (χ1v) is 4.50. The molecule has 2 nitrogen and oxygen atoms in total. The SMILES string of the molecule is Cl/C=C/CSc1ncccn1. The van der Waals surface area contributed by atoms with Gasteiger partial charge in [0.1, 0.15) is 0 Å². The number of hydrogen-bond acceptors (Lipinski definition) is 3. The highest BCUT2D eigenvalue weighted by Crippen LogP contribution is 2.10. The molecule has 0 atom stereocenters. The van der Waals surface area contributed by atoms with E-state index in [4.69, 9.17) is 11.6 Å². The summed E-state index contributed by atoms with van der Waals surface area (Å²) < 4.78 is 0. The minimum atomic E-state index is 0.780. The van der Waals surface area contributed by atoms with Crippen LogP contribution in [0.2, 0.25) is 0 Å². The molecule has 0 radical (unpaired) electrons. The Hall–Kier alpha value is -0.540. The Balaban J connectivity index is 2.39. The molecule has 0 aromatic carbocycles. The molecule has 0 aliphatic carbocycles. The Morgan fingerprint density at radius 2 is 2.18 bits per heavy atom. The van der Waals surface area contributed by atoms with Crippen molar-refractivity contribution in [3.05, 3.63) is 30.1 Å². The molecular formula is C7H7ClN2S. The van der Waals surface area contributed by atoms with Crippen molar-refractivity contribution < 1.29 is 0 Å². The second kappa shape index (κ2) is 5.16. The van der Waals surface area contributed by atoms with Gasteiger partial charge in [-0.05, 0) is 6.07 Å². The third-order valence-corrected chi connectivity index (χ3v) is 1.95. The molecule has 0 aliphatic rings. The van der Waals surface area contributed by atoms with E-state index < -0.39 is 0 Å². The highest BCUT2D eigenvalue weighted by molar-refractivity contribution is 7.99. The van der Waals surface area contributed by atoms with Crippen LogP contribution in [0.25, 0.3) is 0 Å². The van der Waals surface area contributed by atoms with Crippen molar-refractivity contribution in [2.24, 2.45) is 0 Å². The van der Waals surface area contributed by atoms with Crippen molar-refractivity contribution in [2.45, 2.75) is 5.16 Å². The maximum atomic E-state index is 5.33. The zero-order valence-corrected chi connectivity index (χ0v) is 7.35. The highest BCUT2D eigenvalue weighted by atomic mass is 35.5. The molecule has 1 rings (SSSR count). The lowest BCUT2D eigenvalue weighted by molar-refractivity contribution is 0.969. The first kappa shape index (κ1) is 8.56. The number of rotatable bonds is 3. The average Bonchev–Trinajstić information content (AvgIpc) is 2.07. The summed E-state index contributed by atoms with van der Waals surface area (Å²) in [5, 5.41) is 0.780. The Labute approximate surface area is 74.7 Å². The largest absolute Gasteiger partial charge is 0.231 e. The zero-order chi connectivity index (χ0) is 7.94. The van der Waals surface area contributed by atoms with Crippen LogP contribution in [0.5, 0.6) is 0 Å². The van der Waals surface area contributed by atoms with Crippen LogP contribution in [0.1, 0.15) is 0 Å². The zero-order valence-electron chi connectivity index (χ0n) is 5.77. The van der Waals surface area contributed by atoms with Crippen molar-refractivity contribution in [2.75, 3.05) is 5.75 Å². The average molecular weight is 187 g/mol. The van der Waals surface area contributed by atoms with Gasteiger partial charge in [0.2, 0.25) is 0 Å². The summed E-state index contributed by atoms with van der Waals surface area (Å²) >= 11 is 6.88. The number of thioether (sulfide) groups is 1. The summed E-state index contributed by atoms with van der Waals surface area (Å²) in [7, 11) is 0. The second-order valence-corrected chi connectivity index (χ2v) is 2.94. The van der Waals surface area contributed by atoms with Gasteiger partial charge in [-0.15, -0.1) is 0 Å². The molecule has 0 saturated heterocycles. The standard InChI is InChI=1S/C7H7ClN2S/c8-3-1-6-11-7-9-4-2-5-10-7/h1-5H,6H2/b3-1+. The molecule has 0 unspecified atom stereocenters. The lowest BCUT2D eigenvalue weighted by atomic mass is 10.7. The molecule has 58 valence electrons. The van der Waals surface area contributed by atoms with E-state index in [1.54, 1.807) is 30.2 Å². The maximum Gasteiger partial charge on any atom is 0.187 e. The molecule has 1 aromatic heterocycles. The van der Waals surface area contributed by atoms with Gasteiger partial charge in [-0.2, -0.15) is 0 Å². The van der Waals surface area contributed by atoms with E-state index in [0.29, 0.717) is 0 Å². The Bertz CT molecular complexity index is 225. The smallest absolute Gasteiger partial charge is 0.187 e. The molecular weight excluding hydrogens is 180 g/mol. The van der Waals surface area contributed by atoms with Crippen LogP contribution < -0.4 is 0 Å². The molecule has 1 heterocycles. The van der Waals surface area contributed by atoms with Crippen LogP contribution in [-0.2, 0) is 0 Å². The van der Waals surface area contributed by atoms with Crippen molar-refractivity contribution in [3.8, 4) is 0 Å². The molecule has 0 spiro atoms. The normalized spacial score (nSPS) is 10.6. The first-order chi connectivity index (χ1) is 5.43. The van der Waals surface area contributed by atoms with Crippen molar-refractivity contribution in [3.63, 3.8) is 0 Å². The monoisotopic (exact) mass is 186 g/mol. The van der Waals surface area contributed by atoms with Crippen molar-refractivity contribution in [1.29, 1.82) is 0 Å². The maximum absolute atomic E-state index is 5.33. The van der Waals surface area contributed by atoms with E-state index in [0.717, 1.165) is 10.9 Å². The summed E-state index contributed by atoms with van der Waals surface area (Å²) in [6, 6.07) is 1.79. The van der Waals surface area contributed by atoms with Gasteiger partial charge in [0.15, 0.2) is 5.16 Å². The minimum Gasteiger partial charge on any atom is -0.231 e. The van der Waals surface area contributed by atoms with Gasteiger partial charge in [0.25, 0.3) is 0 Å². The number of aromatic nitrogens is 2. The van der Waals surface area contributed by atoms with Crippen LogP contribution in [0.4, 0.5) is 0 Å². The van der Waals surface area contributed by atoms with Crippen LogP contribution in [0.15, 0.2) is 35.2 Å². The van der Waals surface area contributed by atoms with Gasteiger partial charge < -0.3 is 0 Å². The van der Waals surface area contributed by atoms with Crippen LogP contribution in [0, 0.1) is 0 Å². The molecule has 0 amide bonds. The lowest BCUT2D eigenvalue weighted by Crippen LogP contribution is -1.82. The molecule has 0 bridgehead atoms. The van der Waals surface area contributed by atoms with E-state index in [1.165, 1.54) is 5.54 Å². The predicted molar refractivity (Wildman–Crippen MR) is 47.7 cm³/mol. The first-order valence-electron chi connectivity index (χ1n) is 3.08. The minimum absolute atomic E-state index is 0.780. The summed E-state index contributed by atoms with van der Waals surface area (Å²) in [6.45, 7) is 0. The molecule has 0 saturated carbocycles. The summed E-state index contributed by atoms with van der Waals surface area (Å²) in [5.74, 6) is 0.813. The van der Waals surface area contributed by atoms with Crippen LogP contribution >= 0.6 is 23.4 Å². The quantitative estimate of drug-likeness (QED) is 0.535. The second-order valence-electron chi connectivity index (χ2n) is 1.70. The predicted octanol–water partition coefficient (Wildman–Crippen LogP) is 2.32.